The molecule has 11 nitrogen and oxygen atoms in total. The number of carbonyl (C=O) groups is 1. The van der Waals surface area contributed by atoms with Crippen molar-refractivity contribution in [2.45, 2.75) is 40.0 Å². The van der Waals surface area contributed by atoms with Gasteiger partial charge in [-0.1, -0.05) is 6.07 Å². The van der Waals surface area contributed by atoms with Crippen LogP contribution in [0.25, 0.3) is 0 Å². The summed E-state index contributed by atoms with van der Waals surface area (Å²) in [6.07, 6.45) is 1.92. The Morgan fingerprint density at radius 3 is 2.46 bits per heavy atom. The van der Waals surface area contributed by atoms with Gasteiger partial charge < -0.3 is 9.73 Å². The Morgan fingerprint density at radius 2 is 1.77 bits per heavy atom. The number of nitrogens with one attached hydrogen (secondary N) is 2. The molecule has 4 rings (SSSR count). The van der Waals surface area contributed by atoms with Gasteiger partial charge in [0.2, 0.25) is 0 Å². The summed E-state index contributed by atoms with van der Waals surface area (Å²) < 4.78 is 5.91. The van der Waals surface area contributed by atoms with E-state index in [1.54, 1.807) is 6.92 Å². The summed E-state index contributed by atoms with van der Waals surface area (Å²) in [5.41, 5.74) is 6.58. The van der Waals surface area contributed by atoms with Crippen LogP contribution in [-0.2, 0) is 6.42 Å². The number of non-ortho nitro benzene ring substituents is 1. The van der Waals surface area contributed by atoms with E-state index in [1.807, 2.05) is 32.0 Å². The summed E-state index contributed by atoms with van der Waals surface area (Å²) in [6, 6.07) is 8.94. The average molecular weight is 477 g/mol. The Bertz CT molecular complexity index is 1390. The van der Waals surface area contributed by atoms with Crippen molar-refractivity contribution in [2.75, 3.05) is 10.7 Å². The molecule has 0 fully saturated rings. The highest BCUT2D eigenvalue weighted by atomic mass is 16.6. The third-order valence-electron chi connectivity index (χ3n) is 6.00. The van der Waals surface area contributed by atoms with Crippen molar-refractivity contribution in [3.05, 3.63) is 90.4 Å². The monoisotopic (exact) mass is 477 g/mol. The molecule has 11 heteroatoms. The number of rotatable bonds is 6. The molecule has 0 radical (unpaired) electrons. The predicted molar refractivity (Wildman–Crippen MR) is 130 cm³/mol. The summed E-state index contributed by atoms with van der Waals surface area (Å²) in [6.45, 7) is 5.73. The van der Waals surface area contributed by atoms with E-state index in [1.165, 1.54) is 12.1 Å². The van der Waals surface area contributed by atoms with Crippen LogP contribution >= 0.6 is 0 Å². The Kier molecular flexibility index (Phi) is 6.32. The molecule has 0 spiro atoms. The predicted octanol–water partition coefficient (Wildman–Crippen LogP) is 5.43. The minimum Gasteiger partial charge on any atom is -0.455 e. The molecule has 0 unspecified atom stereocenters. The van der Waals surface area contributed by atoms with Crippen molar-refractivity contribution < 1.29 is 19.1 Å². The van der Waals surface area contributed by atoms with Crippen LogP contribution in [0.3, 0.4) is 0 Å². The lowest BCUT2D eigenvalue weighted by atomic mass is 9.93. The molecule has 0 saturated carbocycles. The zero-order chi connectivity index (χ0) is 25.3. The molecule has 1 aromatic heterocycles. The van der Waals surface area contributed by atoms with Crippen LogP contribution in [0, 0.1) is 41.0 Å². The standard InChI is InChI=1S/C24H23N5O6/c1-13-7-8-16(11-14(13)2)25-24(30)23-15(3)22-19(5-4-6-21(22)35-23)27-26-18-10-9-17(28(31)32)12-20(18)29(33)34/h7-12,26H,4-6H2,1-3H3,(H,25,30)/b27-19+. The van der Waals surface area contributed by atoms with Crippen LogP contribution in [-0.4, -0.2) is 21.5 Å². The highest BCUT2D eigenvalue weighted by molar-refractivity contribution is 6.09. The number of hydrogen-bond acceptors (Lipinski definition) is 8. The number of nitrogens with zero attached hydrogens (tertiary/aromatic N) is 3. The maximum absolute atomic E-state index is 13.0. The molecule has 2 aromatic carbocycles. The van der Waals surface area contributed by atoms with Gasteiger partial charge in [-0.15, -0.1) is 0 Å². The van der Waals surface area contributed by atoms with Crippen LogP contribution in [0.15, 0.2) is 45.9 Å². The second kappa shape index (κ2) is 9.37. The molecule has 35 heavy (non-hydrogen) atoms. The van der Waals surface area contributed by atoms with E-state index in [4.69, 9.17) is 4.42 Å². The molecule has 1 amide bonds. The number of hydrazone groups is 1. The first-order chi connectivity index (χ1) is 16.7. The average Bonchev–Trinajstić information content (AvgIpc) is 3.17. The number of hydrogen-bond donors (Lipinski definition) is 2. The van der Waals surface area contributed by atoms with E-state index >= 15 is 0 Å². The summed E-state index contributed by atoms with van der Waals surface area (Å²) in [4.78, 5) is 33.9. The summed E-state index contributed by atoms with van der Waals surface area (Å²) in [7, 11) is 0. The van der Waals surface area contributed by atoms with Gasteiger partial charge in [-0.2, -0.15) is 5.10 Å². The quantitative estimate of drug-likeness (QED) is 0.355. The second-order valence-corrected chi connectivity index (χ2v) is 8.35. The molecule has 1 heterocycles. The van der Waals surface area contributed by atoms with Gasteiger partial charge in [0.15, 0.2) is 5.76 Å². The minimum atomic E-state index is -0.708. The van der Waals surface area contributed by atoms with Crippen LogP contribution in [0.4, 0.5) is 22.7 Å². The minimum absolute atomic E-state index is 0.0223. The fourth-order valence-electron chi connectivity index (χ4n) is 4.01. The SMILES string of the molecule is Cc1ccc(NC(=O)c2oc3c(c2C)/C(=N/Nc2ccc([N+](=O)[O-])cc2[N+](=O)[O-])CCC3)cc1C. The van der Waals surface area contributed by atoms with Gasteiger partial charge in [0.05, 0.1) is 21.6 Å². The molecular weight excluding hydrogens is 454 g/mol. The van der Waals surface area contributed by atoms with Crippen molar-refractivity contribution in [2.24, 2.45) is 5.10 Å². The molecule has 1 aliphatic carbocycles. The Morgan fingerprint density at radius 1 is 1.00 bits per heavy atom. The number of nitro benzene ring substituents is 2. The van der Waals surface area contributed by atoms with Crippen molar-refractivity contribution >= 4 is 34.4 Å². The van der Waals surface area contributed by atoms with Crippen molar-refractivity contribution in [1.82, 2.24) is 0 Å². The number of anilines is 2. The molecule has 0 bridgehead atoms. The number of benzene rings is 2. The summed E-state index contributed by atoms with van der Waals surface area (Å²) in [5.74, 6) is 0.431. The van der Waals surface area contributed by atoms with Gasteiger partial charge in [0.25, 0.3) is 11.6 Å². The molecule has 0 saturated heterocycles. The lowest BCUT2D eigenvalue weighted by molar-refractivity contribution is -0.393. The van der Waals surface area contributed by atoms with Crippen LogP contribution in [0.5, 0.6) is 0 Å². The van der Waals surface area contributed by atoms with Crippen LogP contribution in [0.1, 0.15) is 51.4 Å². The maximum atomic E-state index is 13.0. The lowest BCUT2D eigenvalue weighted by Gasteiger charge is -2.13. The van der Waals surface area contributed by atoms with Gasteiger partial charge in [-0.25, -0.2) is 0 Å². The van der Waals surface area contributed by atoms with Crippen molar-refractivity contribution in [1.29, 1.82) is 0 Å². The van der Waals surface area contributed by atoms with Gasteiger partial charge in [-0.05, 0) is 62.9 Å². The van der Waals surface area contributed by atoms with Crippen LogP contribution < -0.4 is 10.7 Å². The highest BCUT2D eigenvalue weighted by Crippen LogP contribution is 2.32. The number of aryl methyl sites for hydroxylation is 3. The topological polar surface area (TPSA) is 153 Å². The van der Waals surface area contributed by atoms with Gasteiger partial charge >= 0.3 is 5.69 Å². The molecular formula is C24H23N5O6. The van der Waals surface area contributed by atoms with Gasteiger partial charge in [0.1, 0.15) is 11.4 Å². The first-order valence-electron chi connectivity index (χ1n) is 10.9. The highest BCUT2D eigenvalue weighted by Gasteiger charge is 2.28. The molecule has 0 atom stereocenters. The smallest absolute Gasteiger partial charge is 0.301 e. The molecule has 3 aromatic rings. The number of furan rings is 1. The Labute approximate surface area is 200 Å². The third kappa shape index (κ3) is 4.74. The largest absolute Gasteiger partial charge is 0.455 e. The van der Waals surface area contributed by atoms with Gasteiger partial charge in [-0.3, -0.25) is 30.4 Å². The molecule has 0 aliphatic heterocycles. The van der Waals surface area contributed by atoms with E-state index in [9.17, 15) is 25.0 Å². The third-order valence-corrected chi connectivity index (χ3v) is 6.00. The van der Waals surface area contributed by atoms with E-state index in [0.29, 0.717) is 41.1 Å². The Hall–Kier alpha value is -4.54. The van der Waals surface area contributed by atoms with E-state index < -0.39 is 15.5 Å². The number of amides is 1. The Balaban J connectivity index is 1.62. The van der Waals surface area contributed by atoms with E-state index in [0.717, 1.165) is 23.6 Å². The number of fused-ring (bicyclic) bond motifs is 1. The lowest BCUT2D eigenvalue weighted by Crippen LogP contribution is -2.14. The first kappa shape index (κ1) is 23.6. The summed E-state index contributed by atoms with van der Waals surface area (Å²) >= 11 is 0. The fraction of sp³-hybridized carbons (Fsp3) is 0.250. The maximum Gasteiger partial charge on any atom is 0.301 e. The zero-order valence-corrected chi connectivity index (χ0v) is 19.4. The molecule has 1 aliphatic rings. The van der Waals surface area contributed by atoms with Crippen LogP contribution in [0.2, 0.25) is 0 Å². The number of carbonyl (C=O) groups excluding carboxylic acids is 1. The van der Waals surface area contributed by atoms with E-state index in [-0.39, 0.29) is 23.0 Å². The molecule has 2 N–H and O–H groups in total. The fourth-order valence-corrected chi connectivity index (χ4v) is 4.01. The summed E-state index contributed by atoms with van der Waals surface area (Å²) in [5, 5.41) is 29.6. The number of nitro groups is 2. The zero-order valence-electron chi connectivity index (χ0n) is 19.4. The first-order valence-corrected chi connectivity index (χ1v) is 10.9. The normalized spacial score (nSPS) is 13.9. The van der Waals surface area contributed by atoms with Gasteiger partial charge in [0, 0.05) is 29.3 Å². The molecule has 180 valence electrons. The van der Waals surface area contributed by atoms with E-state index in [2.05, 4.69) is 15.8 Å². The second-order valence-electron chi connectivity index (χ2n) is 8.35. The van der Waals surface area contributed by atoms with Crippen molar-refractivity contribution in [3.63, 3.8) is 0 Å². The van der Waals surface area contributed by atoms with Crippen molar-refractivity contribution in [3.8, 4) is 0 Å².